The summed E-state index contributed by atoms with van der Waals surface area (Å²) >= 11 is 0. The summed E-state index contributed by atoms with van der Waals surface area (Å²) in [4.78, 5) is 2.43. The number of benzene rings is 11. The molecule has 0 spiro atoms. The molecule has 0 bridgehead atoms. The lowest BCUT2D eigenvalue weighted by atomic mass is 9.82. The summed E-state index contributed by atoms with van der Waals surface area (Å²) in [6.07, 6.45) is 0. The van der Waals surface area contributed by atoms with Crippen LogP contribution in [-0.2, 0) is 5.41 Å². The van der Waals surface area contributed by atoms with Crippen molar-refractivity contribution in [2.24, 2.45) is 0 Å². The smallest absolute Gasteiger partial charge is 0.159 e. The van der Waals surface area contributed by atoms with Crippen molar-refractivity contribution in [1.29, 1.82) is 0 Å². The minimum Gasteiger partial charge on any atom is -0.453 e. The summed E-state index contributed by atoms with van der Waals surface area (Å²) in [5.41, 5.74) is 14.7. The minimum absolute atomic E-state index is 0.164. The molecule has 2 nitrogen and oxygen atoms in total. The molecule has 1 aromatic heterocycles. The van der Waals surface area contributed by atoms with Crippen molar-refractivity contribution < 1.29 is 4.42 Å². The molecule has 13 rings (SSSR count). The first-order valence-corrected chi connectivity index (χ1v) is 21.9. The van der Waals surface area contributed by atoms with Gasteiger partial charge in [-0.25, -0.2) is 0 Å². The van der Waals surface area contributed by atoms with E-state index >= 15 is 0 Å². The molecule has 0 N–H and O–H groups in total. The van der Waals surface area contributed by atoms with Gasteiger partial charge in [0.15, 0.2) is 5.58 Å². The molecule has 0 amide bonds. The number of fused-ring (bicyclic) bond motifs is 13. The van der Waals surface area contributed by atoms with Gasteiger partial charge in [0, 0.05) is 33.1 Å². The van der Waals surface area contributed by atoms with E-state index in [1.165, 1.54) is 76.5 Å². The van der Waals surface area contributed by atoms with E-state index in [4.69, 9.17) is 4.42 Å². The van der Waals surface area contributed by atoms with Crippen molar-refractivity contribution in [1.82, 2.24) is 0 Å². The van der Waals surface area contributed by atoms with Crippen molar-refractivity contribution in [2.75, 3.05) is 4.90 Å². The summed E-state index contributed by atoms with van der Waals surface area (Å²) in [5, 5.41) is 12.1. The van der Waals surface area contributed by atoms with Crippen LogP contribution in [-0.4, -0.2) is 0 Å². The summed E-state index contributed by atoms with van der Waals surface area (Å²) in [7, 11) is 0. The highest BCUT2D eigenvalue weighted by Crippen LogP contribution is 2.52. The molecule has 12 aromatic rings. The highest BCUT2D eigenvalue weighted by Gasteiger charge is 2.36. The second kappa shape index (κ2) is 13.5. The van der Waals surface area contributed by atoms with Gasteiger partial charge in [-0.2, -0.15) is 0 Å². The molecule has 0 unspecified atom stereocenters. The monoisotopic (exact) mass is 803 g/mol. The van der Waals surface area contributed by atoms with E-state index in [1.54, 1.807) is 0 Å². The molecule has 0 saturated carbocycles. The molecule has 0 saturated heterocycles. The molecular formula is C61H41NO. The van der Waals surface area contributed by atoms with Crippen LogP contribution in [0.1, 0.15) is 25.0 Å². The van der Waals surface area contributed by atoms with Crippen LogP contribution in [0.5, 0.6) is 0 Å². The Morgan fingerprint density at radius 1 is 0.349 bits per heavy atom. The van der Waals surface area contributed by atoms with Crippen LogP contribution >= 0.6 is 0 Å². The van der Waals surface area contributed by atoms with E-state index in [0.717, 1.165) is 50.1 Å². The third kappa shape index (κ3) is 5.31. The van der Waals surface area contributed by atoms with Crippen LogP contribution in [0, 0.1) is 0 Å². The molecule has 1 aliphatic carbocycles. The van der Waals surface area contributed by atoms with Crippen molar-refractivity contribution >= 4 is 82.1 Å². The maximum atomic E-state index is 7.37. The quantitative estimate of drug-likeness (QED) is 0.161. The third-order valence-electron chi connectivity index (χ3n) is 13.8. The molecule has 63 heavy (non-hydrogen) atoms. The standard InChI is InChI=1S/C61H41NO/c1-61(2)55-25-13-12-23-50(55)51-34-32-43(37-56(51)61)62(42-31-33-49-47-21-9-8-19-45(47)46-20-10-11-22-48(46)53(49)36-42)57-26-14-24-52-54-35-41-17-6-7-18-44(41)58(60(54)63-59(52)57)40-29-27-39(28-30-40)38-15-4-3-5-16-38/h3-37H,1-2H3. The number of hydrogen-bond donors (Lipinski definition) is 0. The van der Waals surface area contributed by atoms with E-state index in [2.05, 4.69) is 231 Å². The fourth-order valence-electron chi connectivity index (χ4n) is 10.8. The summed E-state index contributed by atoms with van der Waals surface area (Å²) < 4.78 is 7.37. The lowest BCUT2D eigenvalue weighted by Crippen LogP contribution is -2.16. The van der Waals surface area contributed by atoms with Gasteiger partial charge >= 0.3 is 0 Å². The highest BCUT2D eigenvalue weighted by atomic mass is 16.3. The number of para-hydroxylation sites is 1. The van der Waals surface area contributed by atoms with Crippen LogP contribution in [0.15, 0.2) is 217 Å². The minimum atomic E-state index is -0.164. The molecule has 0 radical (unpaired) electrons. The average molecular weight is 804 g/mol. The van der Waals surface area contributed by atoms with Gasteiger partial charge < -0.3 is 9.32 Å². The van der Waals surface area contributed by atoms with Gasteiger partial charge in [0.05, 0.1) is 5.69 Å². The summed E-state index contributed by atoms with van der Waals surface area (Å²) in [6.45, 7) is 4.72. The predicted molar refractivity (Wildman–Crippen MR) is 267 cm³/mol. The Kier molecular flexibility index (Phi) is 7.68. The van der Waals surface area contributed by atoms with Gasteiger partial charge in [-0.15, -0.1) is 0 Å². The first-order valence-electron chi connectivity index (χ1n) is 21.9. The van der Waals surface area contributed by atoms with Crippen molar-refractivity contribution in [3.63, 3.8) is 0 Å². The summed E-state index contributed by atoms with van der Waals surface area (Å²) in [5.74, 6) is 0. The predicted octanol–water partition coefficient (Wildman–Crippen LogP) is 17.3. The Hall–Kier alpha value is -7.94. The zero-order valence-corrected chi connectivity index (χ0v) is 35.1. The van der Waals surface area contributed by atoms with Gasteiger partial charge in [0.25, 0.3) is 0 Å². The zero-order chi connectivity index (χ0) is 41.8. The second-order valence-electron chi connectivity index (χ2n) is 17.6. The van der Waals surface area contributed by atoms with E-state index in [-0.39, 0.29) is 5.41 Å². The fraction of sp³-hybridized carbons (Fsp3) is 0.0492. The van der Waals surface area contributed by atoms with E-state index in [1.807, 2.05) is 0 Å². The Morgan fingerprint density at radius 3 is 1.67 bits per heavy atom. The van der Waals surface area contributed by atoms with Crippen LogP contribution in [0.4, 0.5) is 17.1 Å². The SMILES string of the molecule is CC1(C)c2ccccc2-c2ccc(N(c3ccc4c5ccccc5c5ccccc5c4c3)c3cccc4c3oc3c(-c5ccc(-c6ccccc6)cc5)c5ccccc5cc34)cc21. The molecule has 0 atom stereocenters. The average Bonchev–Trinajstić information content (AvgIpc) is 3.82. The Bertz CT molecular complexity index is 3780. The van der Waals surface area contributed by atoms with Crippen molar-refractivity contribution in [3.05, 3.63) is 223 Å². The summed E-state index contributed by atoms with van der Waals surface area (Å²) in [6, 6.07) is 77.8. The number of rotatable bonds is 5. The molecule has 1 heterocycles. The van der Waals surface area contributed by atoms with Gasteiger partial charge in [-0.1, -0.05) is 190 Å². The molecule has 296 valence electrons. The number of nitrogens with zero attached hydrogens (tertiary/aromatic N) is 1. The number of hydrogen-bond acceptors (Lipinski definition) is 2. The molecular weight excluding hydrogens is 763 g/mol. The van der Waals surface area contributed by atoms with Crippen molar-refractivity contribution in [3.8, 4) is 33.4 Å². The first kappa shape index (κ1) is 35.8. The second-order valence-corrected chi connectivity index (χ2v) is 17.6. The normalized spacial score (nSPS) is 13.0. The van der Waals surface area contributed by atoms with Crippen LogP contribution in [0.2, 0.25) is 0 Å². The Morgan fingerprint density at radius 2 is 0.905 bits per heavy atom. The number of furan rings is 1. The van der Waals surface area contributed by atoms with Gasteiger partial charge in [-0.3, -0.25) is 0 Å². The largest absolute Gasteiger partial charge is 0.453 e. The van der Waals surface area contributed by atoms with Crippen LogP contribution in [0.3, 0.4) is 0 Å². The maximum absolute atomic E-state index is 7.37. The molecule has 1 aliphatic rings. The third-order valence-corrected chi connectivity index (χ3v) is 13.8. The van der Waals surface area contributed by atoms with E-state index in [9.17, 15) is 0 Å². The van der Waals surface area contributed by atoms with Gasteiger partial charge in [-0.05, 0) is 118 Å². The Labute approximate surface area is 365 Å². The zero-order valence-electron chi connectivity index (χ0n) is 35.1. The topological polar surface area (TPSA) is 16.4 Å². The molecule has 0 fully saturated rings. The lowest BCUT2D eigenvalue weighted by molar-refractivity contribution is 0.660. The van der Waals surface area contributed by atoms with E-state index in [0.29, 0.717) is 0 Å². The van der Waals surface area contributed by atoms with Crippen molar-refractivity contribution in [2.45, 2.75) is 19.3 Å². The van der Waals surface area contributed by atoms with Gasteiger partial charge in [0.2, 0.25) is 0 Å². The van der Waals surface area contributed by atoms with Crippen LogP contribution < -0.4 is 4.90 Å². The highest BCUT2D eigenvalue weighted by molar-refractivity contribution is 6.26. The molecule has 11 aromatic carbocycles. The lowest BCUT2D eigenvalue weighted by Gasteiger charge is -2.28. The van der Waals surface area contributed by atoms with E-state index < -0.39 is 0 Å². The van der Waals surface area contributed by atoms with Gasteiger partial charge in [0.1, 0.15) is 5.58 Å². The maximum Gasteiger partial charge on any atom is 0.159 e. The Balaban J connectivity index is 1.08. The van der Waals surface area contributed by atoms with Crippen LogP contribution in [0.25, 0.3) is 98.4 Å². The number of anilines is 3. The molecule has 2 heteroatoms. The fourth-order valence-corrected chi connectivity index (χ4v) is 10.8. The molecule has 0 aliphatic heterocycles. The first-order chi connectivity index (χ1) is 31.0.